The number of carbonyl (C=O) groups is 11. The lowest BCUT2D eigenvalue weighted by Crippen LogP contribution is -2.75. The summed E-state index contributed by atoms with van der Waals surface area (Å²) in [5.41, 5.74) is 0. The molecule has 3 fully saturated rings. The molecule has 3 rings (SSSR count). The van der Waals surface area contributed by atoms with Crippen LogP contribution in [0.25, 0.3) is 0 Å². The number of nitrogens with zero attached hydrogens (tertiary/aromatic N) is 10. The van der Waals surface area contributed by atoms with Crippen LogP contribution in [-0.4, -0.2) is 408 Å². The topological polar surface area (TPSA) is 424 Å². The van der Waals surface area contributed by atoms with Crippen LogP contribution in [0, 0.1) is 0 Å². The highest BCUT2D eigenvalue weighted by Crippen LogP contribution is 2.64. The average molecular weight is 1610 g/mol. The molecule has 3 aliphatic rings. The van der Waals surface area contributed by atoms with Gasteiger partial charge in [-0.1, -0.05) is 0 Å². The van der Waals surface area contributed by atoms with Gasteiger partial charge in [-0.25, -0.2) is 8.42 Å². The van der Waals surface area contributed by atoms with Gasteiger partial charge in [0.1, 0.15) is 6.04 Å². The summed E-state index contributed by atoms with van der Waals surface area (Å²) in [7, 11) is -7.75. The number of aliphatic carboxylic acids is 6. The van der Waals surface area contributed by atoms with E-state index in [1.54, 1.807) is 4.90 Å². The molecule has 51 heteroatoms. The van der Waals surface area contributed by atoms with Gasteiger partial charge in [0.15, 0.2) is 0 Å². The van der Waals surface area contributed by atoms with Gasteiger partial charge in [-0.05, 0) is 26.2 Å². The molecule has 2 atom stereocenters. The van der Waals surface area contributed by atoms with Crippen molar-refractivity contribution in [3.05, 3.63) is 0 Å². The summed E-state index contributed by atoms with van der Waals surface area (Å²) in [6.45, 7) is -9.46. The summed E-state index contributed by atoms with van der Waals surface area (Å²) < 4.78 is 264. The van der Waals surface area contributed by atoms with Crippen molar-refractivity contribution in [3.63, 3.8) is 0 Å². The molecule has 1 unspecified atom stereocenters. The van der Waals surface area contributed by atoms with Crippen LogP contribution in [0.15, 0.2) is 0 Å². The van der Waals surface area contributed by atoms with Crippen LogP contribution < -0.4 is 21.3 Å². The van der Waals surface area contributed by atoms with E-state index >= 15 is 8.78 Å². The molecular weight excluding hydrogens is 1530 g/mol. The SMILES string of the molecule is CC(C(=O)NCC(=O)NCCCC[C@H](NC(=O)CCNC(=O)CN1CCN(CC(=O)O)CCN(CC(=O)O)CCN(CC(=O)O)CC1)C(=O)N1CCN(S(=O)(=O)C(F)(F)C(F)(F)C(F)(F)C(F)(F)C(F)(F)C(F)(F)C(F)(F)C(F)(F)F)CC1)N1CCN(CC(=O)O)CCN(CC(=O)O)CCN(CC(=O)O)CC1. The quantitative estimate of drug-likeness (QED) is 0.0243. The first-order valence-electron chi connectivity index (χ1n) is 32.4. The summed E-state index contributed by atoms with van der Waals surface area (Å²) in [5.74, 6) is -65.3. The highest BCUT2D eigenvalue weighted by molar-refractivity contribution is 7.90. The first-order chi connectivity index (χ1) is 49.2. The van der Waals surface area contributed by atoms with Crippen molar-refractivity contribution >= 4 is 75.4 Å². The van der Waals surface area contributed by atoms with Crippen LogP contribution in [0.3, 0.4) is 0 Å². The Hall–Kier alpha value is -7.43. The number of unbranched alkanes of at least 4 members (excludes halogenated alkanes) is 1. The lowest BCUT2D eigenvalue weighted by Gasteiger charge is -2.43. The standard InChI is InChI=1S/C56H83F17N14O19S/c1-36(85-22-20-83(34-45(99)100)18-16-82(33-44(97)98)17-19-84(21-23-85)35-46(101)102)47(103)76-28-39(89)74-6-3-2-4-37(77-38(88)5-7-75-40(90)29-78-8-10-79(30-41(91)92)12-14-81(32-43(95)96)15-13-80(11-9-78)31-42(93)94)48(104)86-24-26-87(27-25-86)107(105,106)56(72,73)54(67,68)52(63,64)50(59,60)49(57,58)51(61,62)53(65,66)55(69,70)71/h36-37H,2-35H2,1H3,(H,74,89)(H,75,90)(H,76,103)(H,77,88)(H,91,92)(H,93,94)(H,95,96)(H,97,98)(H,99,100)(H,101,102)/t36?,37-/m0/s1. The van der Waals surface area contributed by atoms with E-state index in [4.69, 9.17) is 0 Å². The molecule has 0 aromatic heterocycles. The number of halogens is 17. The fourth-order valence-corrected chi connectivity index (χ4v) is 12.4. The molecule has 0 radical (unpaired) electrons. The molecule has 616 valence electrons. The van der Waals surface area contributed by atoms with Gasteiger partial charge >= 0.3 is 82.8 Å². The fraction of sp³-hybridized carbons (Fsp3) is 0.804. The zero-order chi connectivity index (χ0) is 81.6. The Morgan fingerprint density at radius 1 is 0.374 bits per heavy atom. The van der Waals surface area contributed by atoms with E-state index in [0.29, 0.717) is 4.90 Å². The molecule has 0 saturated carbocycles. The van der Waals surface area contributed by atoms with E-state index in [1.165, 1.54) is 41.2 Å². The molecule has 0 spiro atoms. The number of amides is 5. The van der Waals surface area contributed by atoms with Crippen molar-refractivity contribution in [2.75, 3.05) is 196 Å². The van der Waals surface area contributed by atoms with Crippen molar-refractivity contribution in [1.29, 1.82) is 0 Å². The summed E-state index contributed by atoms with van der Waals surface area (Å²) in [6.07, 6.45) is -9.63. The van der Waals surface area contributed by atoms with E-state index in [0.717, 1.165) is 0 Å². The molecule has 5 amide bonds. The Morgan fingerprint density at radius 2 is 0.692 bits per heavy atom. The fourth-order valence-electron chi connectivity index (χ4n) is 11.0. The minimum absolute atomic E-state index is 0.00342. The van der Waals surface area contributed by atoms with Crippen LogP contribution in [-0.2, 0) is 62.8 Å². The minimum atomic E-state index is -9.09. The molecule has 107 heavy (non-hydrogen) atoms. The number of rotatable bonds is 36. The maximum Gasteiger partial charge on any atom is 0.460 e. The average Bonchev–Trinajstić information content (AvgIpc) is 0.690. The summed E-state index contributed by atoms with van der Waals surface area (Å²) in [5, 5.41) is 58.7. The van der Waals surface area contributed by atoms with Crippen molar-refractivity contribution in [3.8, 4) is 0 Å². The van der Waals surface area contributed by atoms with E-state index in [-0.39, 0.29) is 124 Å². The zero-order valence-electron chi connectivity index (χ0n) is 57.0. The number of alkyl halides is 17. The second-order valence-corrected chi connectivity index (χ2v) is 27.0. The molecular formula is C56H83F17N14O19S. The number of carboxylic acids is 6. The predicted octanol–water partition coefficient (Wildman–Crippen LogP) is -1.84. The predicted molar refractivity (Wildman–Crippen MR) is 329 cm³/mol. The summed E-state index contributed by atoms with van der Waals surface area (Å²) >= 11 is 0. The Bertz CT molecular complexity index is 3130. The first kappa shape index (κ1) is 93.8. The van der Waals surface area contributed by atoms with Crippen molar-refractivity contribution < 1.29 is 166 Å². The smallest absolute Gasteiger partial charge is 0.460 e. The minimum Gasteiger partial charge on any atom is -0.480 e. The number of nitrogens with one attached hydrogen (secondary N) is 4. The highest BCUT2D eigenvalue weighted by Gasteiger charge is 2.96. The molecule has 33 nitrogen and oxygen atoms in total. The maximum atomic E-state index is 15.3. The monoisotopic (exact) mass is 1610 g/mol. The molecule has 0 aliphatic carbocycles. The number of sulfonamides is 1. The molecule has 10 N–H and O–H groups in total. The van der Waals surface area contributed by atoms with Gasteiger partial charge in [0.25, 0.3) is 10.0 Å². The Labute approximate surface area is 598 Å². The van der Waals surface area contributed by atoms with E-state index in [2.05, 4.69) is 21.3 Å². The summed E-state index contributed by atoms with van der Waals surface area (Å²) in [6, 6.07) is -2.90. The third-order valence-electron chi connectivity index (χ3n) is 17.1. The van der Waals surface area contributed by atoms with E-state index < -0.39 is 237 Å². The molecule has 3 aliphatic heterocycles. The van der Waals surface area contributed by atoms with Crippen LogP contribution in [0.2, 0.25) is 0 Å². The van der Waals surface area contributed by atoms with Crippen molar-refractivity contribution in [1.82, 2.24) is 69.7 Å². The largest absolute Gasteiger partial charge is 0.480 e. The number of carboxylic acid groups (broad SMARTS) is 6. The molecule has 0 aromatic rings. The lowest BCUT2D eigenvalue weighted by molar-refractivity contribution is -0.458. The molecule has 0 bridgehead atoms. The Kier molecular flexibility index (Phi) is 34.9. The van der Waals surface area contributed by atoms with Gasteiger partial charge in [0.2, 0.25) is 29.5 Å². The van der Waals surface area contributed by atoms with E-state index in [9.17, 15) is 158 Å². The Balaban J connectivity index is 1.83. The Morgan fingerprint density at radius 3 is 1.04 bits per heavy atom. The van der Waals surface area contributed by atoms with Crippen molar-refractivity contribution in [2.24, 2.45) is 0 Å². The zero-order valence-corrected chi connectivity index (χ0v) is 57.8. The third-order valence-corrected chi connectivity index (χ3v) is 19.1. The highest BCUT2D eigenvalue weighted by atomic mass is 32.2. The molecule has 3 saturated heterocycles. The maximum absolute atomic E-state index is 15.3. The summed E-state index contributed by atoms with van der Waals surface area (Å²) in [4.78, 5) is 150. The van der Waals surface area contributed by atoms with Gasteiger partial charge in [-0.3, -0.25) is 91.9 Å². The van der Waals surface area contributed by atoms with Crippen LogP contribution in [0.4, 0.5) is 74.6 Å². The second kappa shape index (κ2) is 39.8. The van der Waals surface area contributed by atoms with Crippen LogP contribution in [0.5, 0.6) is 0 Å². The van der Waals surface area contributed by atoms with Crippen molar-refractivity contribution in [2.45, 2.75) is 91.7 Å². The third kappa shape index (κ3) is 26.1. The number of hydrogen-bond acceptors (Lipinski definition) is 21. The van der Waals surface area contributed by atoms with Gasteiger partial charge in [-0.2, -0.15) is 78.9 Å². The van der Waals surface area contributed by atoms with Gasteiger partial charge in [-0.15, -0.1) is 0 Å². The number of piperazine rings is 1. The number of hydrogen-bond donors (Lipinski definition) is 10. The number of carbonyl (C=O) groups excluding carboxylic acids is 5. The molecule has 3 heterocycles. The van der Waals surface area contributed by atoms with Crippen LogP contribution >= 0.6 is 0 Å². The lowest BCUT2D eigenvalue weighted by atomic mass is 9.91. The van der Waals surface area contributed by atoms with Gasteiger partial charge in [0, 0.05) is 150 Å². The second-order valence-electron chi connectivity index (χ2n) is 25.0. The van der Waals surface area contributed by atoms with Gasteiger partial charge in [0.05, 0.1) is 58.4 Å². The van der Waals surface area contributed by atoms with Crippen LogP contribution in [0.1, 0.15) is 32.6 Å². The van der Waals surface area contributed by atoms with Gasteiger partial charge < -0.3 is 56.8 Å². The molecule has 0 aromatic carbocycles. The first-order valence-corrected chi connectivity index (χ1v) is 33.8. The normalized spacial score (nSPS) is 19.0. The van der Waals surface area contributed by atoms with E-state index in [1.807, 2.05) is 0 Å².